The lowest BCUT2D eigenvalue weighted by molar-refractivity contribution is 0.284. The highest BCUT2D eigenvalue weighted by Gasteiger charge is 2.44. The molecule has 2 aliphatic rings. The van der Waals surface area contributed by atoms with Crippen LogP contribution in [0.2, 0.25) is 0 Å². The van der Waals surface area contributed by atoms with Crippen LogP contribution in [0.4, 0.5) is 0 Å². The van der Waals surface area contributed by atoms with Crippen molar-refractivity contribution in [2.75, 3.05) is 0 Å². The summed E-state index contributed by atoms with van der Waals surface area (Å²) in [5, 5.41) is 10.1. The Morgan fingerprint density at radius 1 is 0.868 bits per heavy atom. The standard InChI is InChI=1S/C31H27BrN4OS/c32-23-15-13-21(14-16-23)20-38-30-34-33-29-35(24-10-3-1-4-11-24)28(37)26-27(36(29)30)25-12-6-5-9-22(25)19-31(26)17-7-2-8-18-31/h1,3-6,9-16H,2,7-8,17-20H2. The van der Waals surface area contributed by atoms with E-state index in [0.29, 0.717) is 5.78 Å². The topological polar surface area (TPSA) is 52.2 Å². The molecule has 2 aromatic heterocycles. The lowest BCUT2D eigenvalue weighted by atomic mass is 9.62. The van der Waals surface area contributed by atoms with Crippen LogP contribution in [0.3, 0.4) is 0 Å². The maximum absolute atomic E-state index is 14.6. The molecule has 0 unspecified atom stereocenters. The van der Waals surface area contributed by atoms with Gasteiger partial charge in [0.15, 0.2) is 5.16 Å². The number of rotatable bonds is 4. The molecular formula is C31H27BrN4OS. The molecule has 0 saturated heterocycles. The van der Waals surface area contributed by atoms with E-state index in [4.69, 9.17) is 0 Å². The molecule has 0 radical (unpaired) electrons. The van der Waals surface area contributed by atoms with Gasteiger partial charge in [0.1, 0.15) is 0 Å². The maximum Gasteiger partial charge on any atom is 0.263 e. The van der Waals surface area contributed by atoms with Crippen molar-refractivity contribution in [3.63, 3.8) is 0 Å². The molecule has 190 valence electrons. The second kappa shape index (κ2) is 9.54. The van der Waals surface area contributed by atoms with Crippen molar-refractivity contribution in [2.24, 2.45) is 0 Å². The van der Waals surface area contributed by atoms with Gasteiger partial charge in [0.2, 0.25) is 5.78 Å². The summed E-state index contributed by atoms with van der Waals surface area (Å²) in [6, 6.07) is 26.9. The van der Waals surface area contributed by atoms with Gasteiger partial charge in [-0.2, -0.15) is 0 Å². The fraction of sp³-hybridized carbons (Fsp3) is 0.258. The average Bonchev–Trinajstić information content (AvgIpc) is 3.37. The Labute approximate surface area is 234 Å². The number of fused-ring (bicyclic) bond motifs is 6. The van der Waals surface area contributed by atoms with E-state index in [9.17, 15) is 4.79 Å². The van der Waals surface area contributed by atoms with Crippen molar-refractivity contribution in [1.29, 1.82) is 0 Å². The van der Waals surface area contributed by atoms with Crippen molar-refractivity contribution >= 4 is 33.5 Å². The molecular weight excluding hydrogens is 556 g/mol. The summed E-state index contributed by atoms with van der Waals surface area (Å²) in [6.45, 7) is 0. The van der Waals surface area contributed by atoms with Gasteiger partial charge in [-0.1, -0.05) is 102 Å². The maximum atomic E-state index is 14.6. The van der Waals surface area contributed by atoms with Gasteiger partial charge in [0.05, 0.1) is 11.4 Å². The Balaban J connectivity index is 1.52. The first-order chi connectivity index (χ1) is 18.6. The summed E-state index contributed by atoms with van der Waals surface area (Å²) in [5.74, 6) is 1.33. The third kappa shape index (κ3) is 3.86. The predicted octanol–water partition coefficient (Wildman–Crippen LogP) is 7.36. The number of hydrogen-bond acceptors (Lipinski definition) is 4. The third-order valence-electron chi connectivity index (χ3n) is 8.13. The first kappa shape index (κ1) is 23.9. The van der Waals surface area contributed by atoms with Crippen LogP contribution in [0.15, 0.2) is 93.3 Å². The molecule has 0 atom stereocenters. The molecule has 5 nitrogen and oxygen atoms in total. The van der Waals surface area contributed by atoms with Crippen molar-refractivity contribution in [1.82, 2.24) is 19.2 Å². The Morgan fingerprint density at radius 2 is 1.61 bits per heavy atom. The van der Waals surface area contributed by atoms with Crippen LogP contribution in [-0.2, 0) is 17.6 Å². The fourth-order valence-electron chi connectivity index (χ4n) is 6.40. The molecule has 0 amide bonds. The summed E-state index contributed by atoms with van der Waals surface area (Å²) < 4.78 is 5.02. The van der Waals surface area contributed by atoms with Crippen LogP contribution < -0.4 is 5.56 Å². The Bertz CT molecular complexity index is 1700. The van der Waals surface area contributed by atoms with Gasteiger partial charge in [-0.05, 0) is 54.7 Å². The summed E-state index contributed by atoms with van der Waals surface area (Å²) in [6.07, 6.45) is 6.51. The van der Waals surface area contributed by atoms with Gasteiger partial charge in [0.25, 0.3) is 5.56 Å². The van der Waals surface area contributed by atoms with Gasteiger partial charge < -0.3 is 0 Å². The molecule has 7 heteroatoms. The molecule has 1 fully saturated rings. The first-order valence-electron chi connectivity index (χ1n) is 13.2. The minimum atomic E-state index is -0.165. The Morgan fingerprint density at radius 3 is 2.39 bits per heavy atom. The van der Waals surface area contributed by atoms with E-state index in [1.807, 2.05) is 30.3 Å². The number of halogens is 1. The molecule has 2 aliphatic carbocycles. The molecule has 3 aromatic carbocycles. The summed E-state index contributed by atoms with van der Waals surface area (Å²) in [4.78, 5) is 14.6. The second-order valence-corrected chi connectivity index (χ2v) is 12.3. The normalized spacial score (nSPS) is 15.9. The predicted molar refractivity (Wildman–Crippen MR) is 156 cm³/mol. The first-order valence-corrected chi connectivity index (χ1v) is 15.0. The van der Waals surface area contributed by atoms with Crippen molar-refractivity contribution in [3.05, 3.63) is 110 Å². The zero-order valence-corrected chi connectivity index (χ0v) is 23.3. The van der Waals surface area contributed by atoms with Crippen LogP contribution in [0.1, 0.15) is 48.8 Å². The summed E-state index contributed by atoms with van der Waals surface area (Å²) >= 11 is 5.20. The van der Waals surface area contributed by atoms with E-state index in [2.05, 4.69) is 79.1 Å². The molecule has 5 aromatic rings. The zero-order chi connectivity index (χ0) is 25.7. The van der Waals surface area contributed by atoms with E-state index in [0.717, 1.165) is 70.0 Å². The van der Waals surface area contributed by atoms with Gasteiger partial charge in [-0.3, -0.25) is 9.20 Å². The third-order valence-corrected chi connectivity index (χ3v) is 9.66. The van der Waals surface area contributed by atoms with E-state index in [-0.39, 0.29) is 11.0 Å². The van der Waals surface area contributed by atoms with Crippen LogP contribution in [0, 0.1) is 0 Å². The van der Waals surface area contributed by atoms with Crippen molar-refractivity contribution in [2.45, 2.75) is 54.8 Å². The van der Waals surface area contributed by atoms with Crippen LogP contribution in [0.25, 0.3) is 22.7 Å². The fourth-order valence-corrected chi connectivity index (χ4v) is 7.55. The van der Waals surface area contributed by atoms with Gasteiger partial charge in [-0.25, -0.2) is 4.57 Å². The Hall–Kier alpha value is -3.16. The van der Waals surface area contributed by atoms with Gasteiger partial charge in [0, 0.05) is 26.8 Å². The SMILES string of the molecule is O=c1c2c(n3c(SCc4ccc(Br)cc4)nnc3n1-c1ccccc1)-c1ccccc1CC21CCCCC1. The number of aromatic nitrogens is 4. The number of hydrogen-bond donors (Lipinski definition) is 0. The van der Waals surface area contributed by atoms with Crippen molar-refractivity contribution in [3.8, 4) is 16.9 Å². The quantitative estimate of drug-likeness (QED) is 0.208. The number of para-hydroxylation sites is 1. The van der Waals surface area contributed by atoms with Gasteiger partial charge in [-0.15, -0.1) is 10.2 Å². The molecule has 0 aliphatic heterocycles. The summed E-state index contributed by atoms with van der Waals surface area (Å²) in [5.41, 5.74) is 6.30. The highest BCUT2D eigenvalue weighted by Crippen LogP contribution is 2.49. The Kier molecular flexibility index (Phi) is 6.01. The lowest BCUT2D eigenvalue weighted by Crippen LogP contribution is -2.43. The summed E-state index contributed by atoms with van der Waals surface area (Å²) in [7, 11) is 0. The molecule has 0 N–H and O–H groups in total. The van der Waals surface area contributed by atoms with Gasteiger partial charge >= 0.3 is 0 Å². The van der Waals surface area contributed by atoms with E-state index < -0.39 is 0 Å². The highest BCUT2D eigenvalue weighted by molar-refractivity contribution is 9.10. The molecule has 7 rings (SSSR count). The monoisotopic (exact) mass is 582 g/mol. The smallest absolute Gasteiger partial charge is 0.263 e. The van der Waals surface area contributed by atoms with Crippen LogP contribution in [-0.4, -0.2) is 19.2 Å². The molecule has 1 spiro atoms. The minimum Gasteiger partial charge on any atom is -0.268 e. The van der Waals surface area contributed by atoms with E-state index in [1.165, 1.54) is 17.5 Å². The van der Waals surface area contributed by atoms with E-state index >= 15 is 0 Å². The lowest BCUT2D eigenvalue weighted by Gasteiger charge is -2.42. The zero-order valence-electron chi connectivity index (χ0n) is 20.9. The van der Waals surface area contributed by atoms with Crippen LogP contribution in [0.5, 0.6) is 0 Å². The second-order valence-electron chi connectivity index (χ2n) is 10.4. The van der Waals surface area contributed by atoms with Crippen molar-refractivity contribution < 1.29 is 0 Å². The molecule has 1 saturated carbocycles. The minimum absolute atomic E-state index is 0.0481. The average molecular weight is 584 g/mol. The highest BCUT2D eigenvalue weighted by atomic mass is 79.9. The molecule has 38 heavy (non-hydrogen) atoms. The molecule has 2 heterocycles. The number of nitrogens with zero attached hydrogens (tertiary/aromatic N) is 4. The van der Waals surface area contributed by atoms with Crippen LogP contribution >= 0.6 is 27.7 Å². The van der Waals surface area contributed by atoms with E-state index in [1.54, 1.807) is 16.3 Å². The number of thioether (sulfide) groups is 1. The largest absolute Gasteiger partial charge is 0.268 e. The molecule has 0 bridgehead atoms. The number of benzene rings is 3.